The van der Waals surface area contributed by atoms with Gasteiger partial charge >= 0.3 is 5.97 Å². The highest BCUT2D eigenvalue weighted by atomic mass is 16.5. The third-order valence-electron chi connectivity index (χ3n) is 4.93. The number of nitrogens with two attached hydrogens (primary N) is 1. The number of guanidine groups is 1. The Balaban J connectivity index is 3.96. The van der Waals surface area contributed by atoms with Crippen molar-refractivity contribution >= 4 is 11.9 Å². The van der Waals surface area contributed by atoms with Gasteiger partial charge in [0.2, 0.25) is 0 Å². The fraction of sp³-hybridized carbons (Fsp3) is 0.905. The topological polar surface area (TPSA) is 76.7 Å². The number of rotatable bonds is 14. The third-order valence-corrected chi connectivity index (χ3v) is 4.93. The maximum Gasteiger partial charge on any atom is 0.305 e. The van der Waals surface area contributed by atoms with Gasteiger partial charge < -0.3 is 15.8 Å². The van der Waals surface area contributed by atoms with Gasteiger partial charge in [-0.25, -0.2) is 0 Å². The Kier molecular flexibility index (Phi) is 14.1. The van der Waals surface area contributed by atoms with Crippen LogP contribution in [0, 0.1) is 11.3 Å². The number of carbonyl (C=O) groups excluding carboxylic acids is 1. The summed E-state index contributed by atoms with van der Waals surface area (Å²) in [5.41, 5.74) is 5.75. The molecule has 0 saturated heterocycles. The average Bonchev–Trinajstić information content (AvgIpc) is 2.58. The fourth-order valence-corrected chi connectivity index (χ4v) is 2.90. The Morgan fingerprint density at radius 3 is 2.27 bits per heavy atom. The first kappa shape index (κ1) is 24.7. The molecule has 0 aliphatic rings. The van der Waals surface area contributed by atoms with Gasteiger partial charge in [0.15, 0.2) is 5.96 Å². The van der Waals surface area contributed by atoms with Crippen molar-refractivity contribution in [2.75, 3.05) is 20.2 Å². The molecule has 0 radical (unpaired) electrons. The zero-order valence-corrected chi connectivity index (χ0v) is 17.9. The molecular weight excluding hydrogens is 326 g/mol. The molecule has 0 aromatic carbocycles. The second kappa shape index (κ2) is 14.9. The second-order valence-corrected chi connectivity index (χ2v) is 8.30. The van der Waals surface area contributed by atoms with Crippen molar-refractivity contribution in [3.05, 3.63) is 0 Å². The van der Waals surface area contributed by atoms with Crippen molar-refractivity contribution in [2.45, 2.75) is 91.9 Å². The summed E-state index contributed by atoms with van der Waals surface area (Å²) >= 11 is 0. The molecule has 3 N–H and O–H groups in total. The SMILES string of the molecule is CCCCCCCCCC(=O)OC[C@H](CCCNC(N)=NC)C(C)(C)C. The zero-order valence-electron chi connectivity index (χ0n) is 17.9. The van der Waals surface area contributed by atoms with E-state index in [2.05, 4.69) is 38.0 Å². The maximum absolute atomic E-state index is 12.0. The van der Waals surface area contributed by atoms with Gasteiger partial charge in [-0.05, 0) is 30.6 Å². The number of carbonyl (C=O) groups is 1. The highest BCUT2D eigenvalue weighted by Crippen LogP contribution is 2.30. The monoisotopic (exact) mass is 369 g/mol. The maximum atomic E-state index is 12.0. The first-order chi connectivity index (χ1) is 12.3. The van der Waals surface area contributed by atoms with Crippen LogP contribution in [-0.4, -0.2) is 32.1 Å². The number of unbranched alkanes of at least 4 members (excludes halogenated alkanes) is 6. The lowest BCUT2D eigenvalue weighted by atomic mass is 9.78. The summed E-state index contributed by atoms with van der Waals surface area (Å²) in [6, 6.07) is 0. The Hall–Kier alpha value is -1.26. The lowest BCUT2D eigenvalue weighted by Gasteiger charge is -2.30. The molecule has 0 saturated carbocycles. The average molecular weight is 370 g/mol. The smallest absolute Gasteiger partial charge is 0.305 e. The summed E-state index contributed by atoms with van der Waals surface area (Å²) in [6.45, 7) is 10.1. The van der Waals surface area contributed by atoms with Crippen LogP contribution in [0.5, 0.6) is 0 Å². The Morgan fingerprint density at radius 2 is 1.69 bits per heavy atom. The van der Waals surface area contributed by atoms with Crippen molar-refractivity contribution in [1.29, 1.82) is 0 Å². The van der Waals surface area contributed by atoms with Gasteiger partial charge in [-0.1, -0.05) is 66.2 Å². The predicted molar refractivity (Wildman–Crippen MR) is 111 cm³/mol. The van der Waals surface area contributed by atoms with Crippen LogP contribution in [0.15, 0.2) is 4.99 Å². The molecule has 1 atom stereocenters. The van der Waals surface area contributed by atoms with Crippen LogP contribution in [0.25, 0.3) is 0 Å². The molecule has 154 valence electrons. The molecule has 0 aliphatic heterocycles. The van der Waals surface area contributed by atoms with Crippen molar-refractivity contribution in [3.8, 4) is 0 Å². The molecule has 0 amide bonds. The summed E-state index contributed by atoms with van der Waals surface area (Å²) in [7, 11) is 1.67. The number of esters is 1. The first-order valence-electron chi connectivity index (χ1n) is 10.4. The van der Waals surface area contributed by atoms with Crippen molar-refractivity contribution in [1.82, 2.24) is 5.32 Å². The van der Waals surface area contributed by atoms with E-state index in [0.29, 0.717) is 24.9 Å². The molecule has 0 heterocycles. The highest BCUT2D eigenvalue weighted by Gasteiger charge is 2.25. The number of ether oxygens (including phenoxy) is 1. The number of hydrogen-bond donors (Lipinski definition) is 2. The highest BCUT2D eigenvalue weighted by molar-refractivity contribution is 5.77. The van der Waals surface area contributed by atoms with Gasteiger partial charge in [-0.3, -0.25) is 9.79 Å². The standard InChI is InChI=1S/C21H43N3O2/c1-6-7-8-9-10-11-12-15-19(25)26-17-18(21(2,3)4)14-13-16-24-20(22)23-5/h18H,6-17H2,1-5H3,(H3,22,23,24)/t18-/m0/s1. The molecule has 0 aromatic rings. The van der Waals surface area contributed by atoms with Crippen LogP contribution in [0.1, 0.15) is 91.9 Å². The van der Waals surface area contributed by atoms with E-state index in [1.807, 2.05) is 0 Å². The Bertz CT molecular complexity index is 389. The van der Waals surface area contributed by atoms with E-state index >= 15 is 0 Å². The summed E-state index contributed by atoms with van der Waals surface area (Å²) < 4.78 is 5.57. The van der Waals surface area contributed by atoms with Crippen LogP contribution < -0.4 is 11.1 Å². The van der Waals surface area contributed by atoms with Gasteiger partial charge in [0.25, 0.3) is 0 Å². The molecular formula is C21H43N3O2. The van der Waals surface area contributed by atoms with Crippen molar-refractivity contribution < 1.29 is 9.53 Å². The first-order valence-corrected chi connectivity index (χ1v) is 10.4. The van der Waals surface area contributed by atoms with E-state index in [0.717, 1.165) is 32.2 Å². The predicted octanol–water partition coefficient (Wildman–Crippen LogP) is 4.65. The lowest BCUT2D eigenvalue weighted by Crippen LogP contribution is -2.33. The summed E-state index contributed by atoms with van der Waals surface area (Å²) in [5.74, 6) is 0.772. The molecule has 0 fully saturated rings. The Labute approximate surface area is 161 Å². The van der Waals surface area contributed by atoms with Crippen molar-refractivity contribution in [3.63, 3.8) is 0 Å². The van der Waals surface area contributed by atoms with Crippen LogP contribution >= 0.6 is 0 Å². The van der Waals surface area contributed by atoms with E-state index in [4.69, 9.17) is 10.5 Å². The van der Waals surface area contributed by atoms with Gasteiger partial charge in [-0.15, -0.1) is 0 Å². The van der Waals surface area contributed by atoms with Crippen LogP contribution in [-0.2, 0) is 9.53 Å². The largest absolute Gasteiger partial charge is 0.465 e. The van der Waals surface area contributed by atoms with Gasteiger partial charge in [0.1, 0.15) is 0 Å². The molecule has 0 aromatic heterocycles. The van der Waals surface area contributed by atoms with E-state index < -0.39 is 0 Å². The molecule has 5 nitrogen and oxygen atoms in total. The molecule has 26 heavy (non-hydrogen) atoms. The minimum atomic E-state index is -0.0479. The number of nitrogens with one attached hydrogen (secondary N) is 1. The molecule has 5 heteroatoms. The summed E-state index contributed by atoms with van der Waals surface area (Å²) in [4.78, 5) is 15.9. The van der Waals surface area contributed by atoms with E-state index in [1.165, 1.54) is 32.1 Å². The van der Waals surface area contributed by atoms with Gasteiger partial charge in [-0.2, -0.15) is 0 Å². The zero-order chi connectivity index (χ0) is 19.8. The number of aliphatic imine (C=N–C) groups is 1. The number of hydrogen-bond acceptors (Lipinski definition) is 3. The summed E-state index contributed by atoms with van der Waals surface area (Å²) in [5, 5.41) is 3.08. The number of nitrogens with zero attached hydrogens (tertiary/aromatic N) is 1. The fourth-order valence-electron chi connectivity index (χ4n) is 2.90. The molecule has 0 rings (SSSR count). The lowest BCUT2D eigenvalue weighted by molar-refractivity contribution is -0.146. The van der Waals surface area contributed by atoms with Gasteiger partial charge in [0, 0.05) is 20.0 Å². The van der Waals surface area contributed by atoms with Crippen LogP contribution in [0.4, 0.5) is 0 Å². The molecule has 0 spiro atoms. The van der Waals surface area contributed by atoms with E-state index in [-0.39, 0.29) is 11.4 Å². The van der Waals surface area contributed by atoms with Crippen LogP contribution in [0.3, 0.4) is 0 Å². The third kappa shape index (κ3) is 14.0. The second-order valence-electron chi connectivity index (χ2n) is 8.30. The molecule has 0 aliphatic carbocycles. The summed E-state index contributed by atoms with van der Waals surface area (Å²) in [6.07, 6.45) is 11.0. The normalized spacial score (nSPS) is 13.5. The minimum Gasteiger partial charge on any atom is -0.465 e. The van der Waals surface area contributed by atoms with Gasteiger partial charge in [0.05, 0.1) is 6.61 Å². The minimum absolute atomic E-state index is 0.0479. The molecule has 0 unspecified atom stereocenters. The van der Waals surface area contributed by atoms with Crippen molar-refractivity contribution in [2.24, 2.45) is 22.1 Å². The Morgan fingerprint density at radius 1 is 1.08 bits per heavy atom. The molecule has 0 bridgehead atoms. The van der Waals surface area contributed by atoms with E-state index in [1.54, 1.807) is 7.05 Å². The van der Waals surface area contributed by atoms with Crippen LogP contribution in [0.2, 0.25) is 0 Å². The van der Waals surface area contributed by atoms with E-state index in [9.17, 15) is 4.79 Å². The quantitative estimate of drug-likeness (QED) is 0.202.